The molecule has 0 fully saturated rings. The van der Waals surface area contributed by atoms with Crippen LogP contribution in [0.15, 0.2) is 24.3 Å². The maximum Gasteiger partial charge on any atom is 0.225 e. The van der Waals surface area contributed by atoms with E-state index in [9.17, 15) is 4.79 Å². The van der Waals surface area contributed by atoms with Crippen LogP contribution in [0, 0.1) is 17.2 Å². The summed E-state index contributed by atoms with van der Waals surface area (Å²) in [6.45, 7) is 4.40. The number of benzene rings is 1. The molecule has 0 aromatic heterocycles. The lowest BCUT2D eigenvalue weighted by atomic mass is 10.2. The average molecular weight is 276 g/mol. The molecule has 1 amide bonds. The first-order valence-corrected chi connectivity index (χ1v) is 7.65. The van der Waals surface area contributed by atoms with Gasteiger partial charge in [-0.05, 0) is 30.2 Å². The van der Waals surface area contributed by atoms with E-state index in [2.05, 4.69) is 25.2 Å². The predicted octanol–water partition coefficient (Wildman–Crippen LogP) is 3.67. The molecule has 0 radical (unpaired) electrons. The van der Waals surface area contributed by atoms with E-state index < -0.39 is 0 Å². The fraction of sp³-hybridized carbons (Fsp3) is 0.467. The summed E-state index contributed by atoms with van der Waals surface area (Å²) in [5, 5.41) is 11.7. The lowest BCUT2D eigenvalue weighted by molar-refractivity contribution is -0.115. The first kappa shape index (κ1) is 15.6. The molecule has 0 heterocycles. The van der Waals surface area contributed by atoms with E-state index in [1.165, 1.54) is 6.42 Å². The summed E-state index contributed by atoms with van der Waals surface area (Å²) in [5.41, 5.74) is 1.10. The molecule has 0 aliphatic heterocycles. The molecule has 1 aromatic rings. The second-order valence-electron chi connectivity index (χ2n) is 4.75. The molecule has 0 aliphatic carbocycles. The molecule has 102 valence electrons. The fourth-order valence-corrected chi connectivity index (χ4v) is 2.66. The molecule has 0 saturated heterocycles. The molecule has 4 heteroatoms. The second kappa shape index (κ2) is 8.60. The number of hydrogen-bond donors (Lipinski definition) is 1. The number of amides is 1. The molecule has 1 rings (SSSR count). The molecule has 1 aromatic carbocycles. The molecule has 0 aliphatic rings. The number of nitriles is 1. The van der Waals surface area contributed by atoms with Crippen LogP contribution < -0.4 is 5.32 Å². The maximum absolute atomic E-state index is 11.7. The van der Waals surface area contributed by atoms with Crippen molar-refractivity contribution >= 4 is 23.4 Å². The Kier molecular flexibility index (Phi) is 7.06. The highest BCUT2D eigenvalue weighted by Gasteiger charge is 2.06. The number of hydrogen-bond acceptors (Lipinski definition) is 3. The molecule has 1 N–H and O–H groups in total. The van der Waals surface area contributed by atoms with Crippen LogP contribution in [0.25, 0.3) is 0 Å². The molecule has 0 unspecified atom stereocenters. The van der Waals surface area contributed by atoms with E-state index >= 15 is 0 Å². The zero-order chi connectivity index (χ0) is 14.1. The van der Waals surface area contributed by atoms with Gasteiger partial charge in [0.2, 0.25) is 5.91 Å². The SMILES string of the molecule is CC(C)CCSCCC(=O)Nc1ccccc1C#N. The Bertz CT molecular complexity index is 452. The lowest BCUT2D eigenvalue weighted by Crippen LogP contribution is -2.13. The van der Waals surface area contributed by atoms with E-state index in [4.69, 9.17) is 5.26 Å². The summed E-state index contributed by atoms with van der Waals surface area (Å²) in [6.07, 6.45) is 1.67. The van der Waals surface area contributed by atoms with Crippen LogP contribution in [0.2, 0.25) is 0 Å². The van der Waals surface area contributed by atoms with Crippen molar-refractivity contribution in [1.29, 1.82) is 5.26 Å². The Morgan fingerprint density at radius 2 is 2.11 bits per heavy atom. The summed E-state index contributed by atoms with van der Waals surface area (Å²) >= 11 is 1.80. The van der Waals surface area contributed by atoms with Gasteiger partial charge >= 0.3 is 0 Å². The molecule has 0 atom stereocenters. The first-order valence-electron chi connectivity index (χ1n) is 6.50. The minimum Gasteiger partial charge on any atom is -0.325 e. The highest BCUT2D eigenvalue weighted by atomic mass is 32.2. The van der Waals surface area contributed by atoms with Crippen LogP contribution in [-0.4, -0.2) is 17.4 Å². The number of carbonyl (C=O) groups is 1. The van der Waals surface area contributed by atoms with Gasteiger partial charge in [-0.25, -0.2) is 0 Å². The molecular weight excluding hydrogens is 256 g/mol. The number of rotatable bonds is 7. The average Bonchev–Trinajstić information content (AvgIpc) is 2.38. The van der Waals surface area contributed by atoms with Crippen molar-refractivity contribution in [2.24, 2.45) is 5.92 Å². The third kappa shape index (κ3) is 6.30. The number of nitrogens with one attached hydrogen (secondary N) is 1. The molecule has 0 bridgehead atoms. The van der Waals surface area contributed by atoms with Gasteiger partial charge in [0.15, 0.2) is 0 Å². The van der Waals surface area contributed by atoms with Gasteiger partial charge in [-0.2, -0.15) is 17.0 Å². The minimum absolute atomic E-state index is 0.0280. The van der Waals surface area contributed by atoms with Crippen molar-refractivity contribution in [1.82, 2.24) is 0 Å². The summed E-state index contributed by atoms with van der Waals surface area (Å²) in [7, 11) is 0. The van der Waals surface area contributed by atoms with Gasteiger partial charge in [-0.3, -0.25) is 4.79 Å². The third-order valence-corrected chi connectivity index (χ3v) is 3.65. The number of para-hydroxylation sites is 1. The molecule has 0 saturated carbocycles. The third-order valence-electron chi connectivity index (χ3n) is 2.63. The highest BCUT2D eigenvalue weighted by molar-refractivity contribution is 7.99. The van der Waals surface area contributed by atoms with Crippen LogP contribution in [0.1, 0.15) is 32.3 Å². The van der Waals surface area contributed by atoms with Crippen LogP contribution >= 0.6 is 11.8 Å². The second-order valence-corrected chi connectivity index (χ2v) is 5.98. The standard InChI is InChI=1S/C15H20N2OS/c1-12(2)7-9-19-10-8-15(18)17-14-6-4-3-5-13(14)11-16/h3-6,12H,7-10H2,1-2H3,(H,17,18). The van der Waals surface area contributed by atoms with E-state index in [1.807, 2.05) is 6.07 Å². The van der Waals surface area contributed by atoms with Gasteiger partial charge in [0.25, 0.3) is 0 Å². The lowest BCUT2D eigenvalue weighted by Gasteiger charge is -2.07. The number of thioether (sulfide) groups is 1. The zero-order valence-corrected chi connectivity index (χ0v) is 12.3. The molecular formula is C15H20N2OS. The Morgan fingerprint density at radius 3 is 2.79 bits per heavy atom. The topological polar surface area (TPSA) is 52.9 Å². The Balaban J connectivity index is 2.30. The molecule has 3 nitrogen and oxygen atoms in total. The number of nitrogens with zero attached hydrogens (tertiary/aromatic N) is 1. The maximum atomic E-state index is 11.7. The minimum atomic E-state index is -0.0280. The number of carbonyl (C=O) groups excluding carboxylic acids is 1. The monoisotopic (exact) mass is 276 g/mol. The predicted molar refractivity (Wildman–Crippen MR) is 81.2 cm³/mol. The van der Waals surface area contributed by atoms with E-state index in [0.29, 0.717) is 23.6 Å². The van der Waals surface area contributed by atoms with Crippen molar-refractivity contribution in [3.8, 4) is 6.07 Å². The van der Waals surface area contributed by atoms with E-state index in [-0.39, 0.29) is 5.91 Å². The summed E-state index contributed by atoms with van der Waals surface area (Å²) in [5.74, 6) is 2.61. The summed E-state index contributed by atoms with van der Waals surface area (Å²) in [4.78, 5) is 11.7. The number of anilines is 1. The van der Waals surface area contributed by atoms with Crippen molar-refractivity contribution in [2.75, 3.05) is 16.8 Å². The Hall–Kier alpha value is -1.47. The van der Waals surface area contributed by atoms with Gasteiger partial charge < -0.3 is 5.32 Å². The van der Waals surface area contributed by atoms with Crippen molar-refractivity contribution in [3.05, 3.63) is 29.8 Å². The quantitative estimate of drug-likeness (QED) is 0.773. The van der Waals surface area contributed by atoms with Gasteiger partial charge in [0, 0.05) is 12.2 Å². The summed E-state index contributed by atoms with van der Waals surface area (Å²) in [6, 6.07) is 9.12. The first-order chi connectivity index (χ1) is 9.13. The van der Waals surface area contributed by atoms with Gasteiger partial charge in [-0.1, -0.05) is 26.0 Å². The molecule has 19 heavy (non-hydrogen) atoms. The largest absolute Gasteiger partial charge is 0.325 e. The van der Waals surface area contributed by atoms with Gasteiger partial charge in [0.1, 0.15) is 6.07 Å². The molecule has 0 spiro atoms. The van der Waals surface area contributed by atoms with Crippen LogP contribution in [0.3, 0.4) is 0 Å². The highest BCUT2D eigenvalue weighted by Crippen LogP contribution is 2.15. The normalized spacial score (nSPS) is 10.2. The zero-order valence-electron chi connectivity index (χ0n) is 11.5. The van der Waals surface area contributed by atoms with Crippen molar-refractivity contribution in [2.45, 2.75) is 26.7 Å². The van der Waals surface area contributed by atoms with Crippen LogP contribution in [0.5, 0.6) is 0 Å². The van der Waals surface area contributed by atoms with E-state index in [0.717, 1.165) is 11.5 Å². The fourth-order valence-electron chi connectivity index (χ4n) is 1.49. The Morgan fingerprint density at radius 1 is 1.37 bits per heavy atom. The van der Waals surface area contributed by atoms with E-state index in [1.54, 1.807) is 30.0 Å². The smallest absolute Gasteiger partial charge is 0.225 e. The van der Waals surface area contributed by atoms with Crippen LogP contribution in [-0.2, 0) is 4.79 Å². The summed E-state index contributed by atoms with van der Waals surface area (Å²) < 4.78 is 0. The van der Waals surface area contributed by atoms with Crippen molar-refractivity contribution in [3.63, 3.8) is 0 Å². The Labute approximate surface area is 119 Å². The van der Waals surface area contributed by atoms with Gasteiger partial charge in [0.05, 0.1) is 11.3 Å². The van der Waals surface area contributed by atoms with Crippen molar-refractivity contribution < 1.29 is 4.79 Å². The van der Waals surface area contributed by atoms with Crippen LogP contribution in [0.4, 0.5) is 5.69 Å². The van der Waals surface area contributed by atoms with Gasteiger partial charge in [-0.15, -0.1) is 0 Å².